The summed E-state index contributed by atoms with van der Waals surface area (Å²) in [5.74, 6) is 0. The molecular formula is C14H24NS+. The molecule has 0 saturated heterocycles. The first-order valence-electron chi connectivity index (χ1n) is 6.18. The molecular weight excluding hydrogens is 214 g/mol. The maximum atomic E-state index is 2.42. The molecule has 0 bridgehead atoms. The lowest BCUT2D eigenvalue weighted by Crippen LogP contribution is -2.31. The Kier molecular flexibility index (Phi) is 2.69. The molecule has 1 aromatic heterocycles. The quantitative estimate of drug-likeness (QED) is 0.482. The second-order valence-corrected chi connectivity index (χ2v) is 8.27. The number of hydrogen-bond donors (Lipinski definition) is 0. The summed E-state index contributed by atoms with van der Waals surface area (Å²) in [5.41, 5.74) is 4.08. The highest BCUT2D eigenvalue weighted by Crippen LogP contribution is 2.43. The molecule has 1 heterocycles. The maximum Gasteiger partial charge on any atom is 0.200 e. The Labute approximate surface area is 104 Å². The third kappa shape index (κ3) is 2.17. The number of nitrogens with zero attached hydrogens (tertiary/aromatic N) is 1. The lowest BCUT2D eigenvalue weighted by atomic mass is 9.74. The summed E-state index contributed by atoms with van der Waals surface area (Å²) in [6.07, 6.45) is 3.79. The molecule has 0 radical (unpaired) electrons. The minimum Gasteiger partial charge on any atom is -0.140 e. The molecule has 0 amide bonds. The molecule has 0 saturated carbocycles. The Morgan fingerprint density at radius 3 is 2.25 bits per heavy atom. The third-order valence-electron chi connectivity index (χ3n) is 3.69. The van der Waals surface area contributed by atoms with Gasteiger partial charge in [0.1, 0.15) is 11.5 Å². The number of fused-ring (bicyclic) bond motifs is 1. The molecule has 1 nitrogen and oxygen atoms in total. The summed E-state index contributed by atoms with van der Waals surface area (Å²) < 4.78 is 2.38. The van der Waals surface area contributed by atoms with Gasteiger partial charge in [-0.05, 0) is 30.6 Å². The van der Waals surface area contributed by atoms with E-state index in [1.165, 1.54) is 24.1 Å². The van der Waals surface area contributed by atoms with Gasteiger partial charge in [0.15, 0.2) is 12.7 Å². The van der Waals surface area contributed by atoms with E-state index in [0.717, 1.165) is 0 Å². The first-order valence-corrected chi connectivity index (χ1v) is 6.95. The fraction of sp³-hybridized carbons (Fsp3) is 0.786. The van der Waals surface area contributed by atoms with Gasteiger partial charge in [0, 0.05) is 12.0 Å². The Bertz CT molecular complexity index is 376. The highest BCUT2D eigenvalue weighted by molar-refractivity contribution is 7.01. The van der Waals surface area contributed by atoms with Crippen LogP contribution in [-0.4, -0.2) is 0 Å². The van der Waals surface area contributed by atoms with Crippen LogP contribution >= 0.6 is 11.5 Å². The van der Waals surface area contributed by atoms with Crippen molar-refractivity contribution in [3.8, 4) is 0 Å². The van der Waals surface area contributed by atoms with E-state index in [-0.39, 0.29) is 0 Å². The molecule has 2 heteroatoms. The van der Waals surface area contributed by atoms with Crippen molar-refractivity contribution in [2.24, 2.45) is 17.9 Å². The molecule has 0 aromatic carbocycles. The molecule has 1 aliphatic rings. The van der Waals surface area contributed by atoms with E-state index < -0.39 is 0 Å². The fourth-order valence-electron chi connectivity index (χ4n) is 3.51. The predicted molar refractivity (Wildman–Crippen MR) is 69.8 cm³/mol. The first-order chi connectivity index (χ1) is 7.20. The molecule has 1 aromatic rings. The Morgan fingerprint density at radius 2 is 1.62 bits per heavy atom. The summed E-state index contributed by atoms with van der Waals surface area (Å²) in [5, 5.41) is 0. The van der Waals surface area contributed by atoms with E-state index in [2.05, 4.69) is 45.6 Å². The topological polar surface area (TPSA) is 3.88 Å². The second-order valence-electron chi connectivity index (χ2n) is 6.93. The Balaban J connectivity index is 2.53. The van der Waals surface area contributed by atoms with E-state index in [4.69, 9.17) is 0 Å². The highest BCUT2D eigenvalue weighted by Gasteiger charge is 2.39. The molecule has 0 N–H and O–H groups in total. The van der Waals surface area contributed by atoms with Gasteiger partial charge in [-0.25, -0.2) is 0 Å². The van der Waals surface area contributed by atoms with Gasteiger partial charge in [-0.1, -0.05) is 27.7 Å². The average Bonchev–Trinajstić information content (AvgIpc) is 2.28. The van der Waals surface area contributed by atoms with Gasteiger partial charge >= 0.3 is 0 Å². The fourth-order valence-corrected chi connectivity index (χ4v) is 4.50. The van der Waals surface area contributed by atoms with Crippen LogP contribution in [0.5, 0.6) is 0 Å². The molecule has 0 spiro atoms. The standard InChI is InChI=1S/C14H24NS/c1-10-11-7-13(2,3)9-14(4,5)8-12(11)15(6)16-10/h7-9H2,1-6H3/q+1. The third-order valence-corrected chi connectivity index (χ3v) is 4.70. The van der Waals surface area contributed by atoms with Gasteiger partial charge in [0.25, 0.3) is 0 Å². The summed E-state index contributed by atoms with van der Waals surface area (Å²) >= 11 is 1.91. The molecule has 0 atom stereocenters. The monoisotopic (exact) mass is 238 g/mol. The zero-order chi connectivity index (χ0) is 12.1. The Morgan fingerprint density at radius 1 is 1.06 bits per heavy atom. The van der Waals surface area contributed by atoms with E-state index in [9.17, 15) is 0 Å². The van der Waals surface area contributed by atoms with Gasteiger partial charge in [-0.15, -0.1) is 3.96 Å². The molecule has 0 aliphatic heterocycles. The van der Waals surface area contributed by atoms with Gasteiger partial charge in [0.05, 0.1) is 4.88 Å². The second kappa shape index (κ2) is 3.56. The van der Waals surface area contributed by atoms with Crippen molar-refractivity contribution in [1.82, 2.24) is 0 Å². The van der Waals surface area contributed by atoms with Crippen LogP contribution < -0.4 is 3.96 Å². The summed E-state index contributed by atoms with van der Waals surface area (Å²) in [6.45, 7) is 11.9. The van der Waals surface area contributed by atoms with Crippen LogP contribution in [0.25, 0.3) is 0 Å². The molecule has 90 valence electrons. The van der Waals surface area contributed by atoms with Crippen LogP contribution in [0, 0.1) is 17.8 Å². The molecule has 2 rings (SSSR count). The van der Waals surface area contributed by atoms with E-state index in [1.807, 2.05) is 11.5 Å². The summed E-state index contributed by atoms with van der Waals surface area (Å²) in [7, 11) is 2.21. The van der Waals surface area contributed by atoms with Crippen LogP contribution in [0.15, 0.2) is 0 Å². The smallest absolute Gasteiger partial charge is 0.140 e. The van der Waals surface area contributed by atoms with Crippen molar-refractivity contribution >= 4 is 11.5 Å². The summed E-state index contributed by atoms with van der Waals surface area (Å²) in [6, 6.07) is 0. The van der Waals surface area contributed by atoms with Crippen molar-refractivity contribution in [3.63, 3.8) is 0 Å². The highest BCUT2D eigenvalue weighted by atomic mass is 32.1. The average molecular weight is 238 g/mol. The number of hydrogen-bond acceptors (Lipinski definition) is 1. The zero-order valence-electron chi connectivity index (χ0n) is 11.5. The zero-order valence-corrected chi connectivity index (χ0v) is 12.3. The number of rotatable bonds is 0. The first kappa shape index (κ1) is 12.1. The number of aromatic nitrogens is 1. The molecule has 16 heavy (non-hydrogen) atoms. The van der Waals surface area contributed by atoms with Crippen LogP contribution in [0.2, 0.25) is 0 Å². The van der Waals surface area contributed by atoms with Crippen LogP contribution in [0.1, 0.15) is 50.3 Å². The molecule has 0 unspecified atom stereocenters. The summed E-state index contributed by atoms with van der Waals surface area (Å²) in [4.78, 5) is 1.52. The minimum atomic E-state index is 0.431. The number of aryl methyl sites for hydroxylation is 2. The normalized spacial score (nSPS) is 22.6. The lowest BCUT2D eigenvalue weighted by Gasteiger charge is -2.31. The van der Waals surface area contributed by atoms with E-state index in [1.54, 1.807) is 11.3 Å². The van der Waals surface area contributed by atoms with Crippen LogP contribution in [0.4, 0.5) is 0 Å². The van der Waals surface area contributed by atoms with Crippen molar-refractivity contribution < 1.29 is 3.96 Å². The largest absolute Gasteiger partial charge is 0.200 e. The molecule has 1 aliphatic carbocycles. The Hall–Kier alpha value is -0.370. The minimum absolute atomic E-state index is 0.431. The van der Waals surface area contributed by atoms with E-state index >= 15 is 0 Å². The van der Waals surface area contributed by atoms with Gasteiger partial charge in [-0.2, -0.15) is 0 Å². The van der Waals surface area contributed by atoms with Crippen molar-refractivity contribution in [1.29, 1.82) is 0 Å². The van der Waals surface area contributed by atoms with E-state index in [0.29, 0.717) is 10.8 Å². The van der Waals surface area contributed by atoms with Gasteiger partial charge in [0.2, 0.25) is 0 Å². The van der Waals surface area contributed by atoms with Crippen molar-refractivity contribution in [2.45, 2.75) is 53.9 Å². The van der Waals surface area contributed by atoms with Gasteiger partial charge < -0.3 is 0 Å². The molecule has 0 fully saturated rings. The lowest BCUT2D eigenvalue weighted by molar-refractivity contribution is -0.610. The predicted octanol–water partition coefficient (Wildman–Crippen LogP) is 3.42. The van der Waals surface area contributed by atoms with Crippen molar-refractivity contribution in [2.75, 3.05) is 0 Å². The van der Waals surface area contributed by atoms with Crippen LogP contribution in [0.3, 0.4) is 0 Å². The maximum absolute atomic E-state index is 2.42. The van der Waals surface area contributed by atoms with Gasteiger partial charge in [-0.3, -0.25) is 0 Å². The van der Waals surface area contributed by atoms with Crippen molar-refractivity contribution in [3.05, 3.63) is 16.1 Å². The van der Waals surface area contributed by atoms with Crippen LogP contribution in [-0.2, 0) is 19.9 Å². The SMILES string of the molecule is Cc1s[n+](C)c2c1CC(C)(C)CC(C)(C)C2.